The van der Waals surface area contributed by atoms with Crippen molar-refractivity contribution in [1.82, 2.24) is 5.01 Å². The number of rotatable bonds is 1. The zero-order valence-electron chi connectivity index (χ0n) is 5.99. The molecule has 3 nitrogen and oxygen atoms in total. The molecule has 0 amide bonds. The minimum atomic E-state index is 0.790. The molecule has 56 valence electrons. The molecule has 1 saturated heterocycles. The molecule has 2 fully saturated rings. The third-order valence-corrected chi connectivity index (χ3v) is 2.82. The fourth-order valence-electron chi connectivity index (χ4n) is 2.28. The molecule has 0 unspecified atom stereocenters. The number of nitrogens with zero attached hydrogens (tertiary/aromatic N) is 2. The molecule has 0 aromatic carbocycles. The first kappa shape index (κ1) is 6.13. The standard InChI is InChI=1S/C7H12N2O/c10-8-9-4-6-2-1-3-7(6)5-9/h6-7H,1-5H2/t6-,7-/m1/s1. The van der Waals surface area contributed by atoms with E-state index in [0.717, 1.165) is 24.9 Å². The van der Waals surface area contributed by atoms with Crippen LogP contribution in [0.25, 0.3) is 0 Å². The molecule has 1 aliphatic heterocycles. The van der Waals surface area contributed by atoms with E-state index in [0.29, 0.717) is 0 Å². The van der Waals surface area contributed by atoms with Crippen LogP contribution in [0.1, 0.15) is 19.3 Å². The van der Waals surface area contributed by atoms with E-state index >= 15 is 0 Å². The van der Waals surface area contributed by atoms with Crippen LogP contribution in [0.5, 0.6) is 0 Å². The Bertz CT molecular complexity index is 137. The highest BCUT2D eigenvalue weighted by Gasteiger charge is 2.36. The van der Waals surface area contributed by atoms with Gasteiger partial charge in [-0.2, -0.15) is 0 Å². The largest absolute Gasteiger partial charge is 0.260 e. The second-order valence-electron chi connectivity index (χ2n) is 3.40. The molecular formula is C7H12N2O. The maximum atomic E-state index is 10.1. The van der Waals surface area contributed by atoms with Crippen molar-refractivity contribution < 1.29 is 0 Å². The maximum Gasteiger partial charge on any atom is 0.0524 e. The lowest BCUT2D eigenvalue weighted by molar-refractivity contribution is 0.324. The van der Waals surface area contributed by atoms with Crippen molar-refractivity contribution in [1.29, 1.82) is 0 Å². The minimum Gasteiger partial charge on any atom is -0.260 e. The van der Waals surface area contributed by atoms with Crippen LogP contribution >= 0.6 is 0 Å². The number of hydrogen-bond acceptors (Lipinski definition) is 2. The van der Waals surface area contributed by atoms with E-state index in [2.05, 4.69) is 5.29 Å². The summed E-state index contributed by atoms with van der Waals surface area (Å²) in [6.45, 7) is 1.85. The van der Waals surface area contributed by atoms with Crippen LogP contribution in [0, 0.1) is 16.7 Å². The van der Waals surface area contributed by atoms with Gasteiger partial charge in [-0.25, -0.2) is 0 Å². The summed E-state index contributed by atoms with van der Waals surface area (Å²) in [5.41, 5.74) is 0. The molecule has 1 saturated carbocycles. The molecule has 0 bridgehead atoms. The van der Waals surface area contributed by atoms with E-state index in [-0.39, 0.29) is 0 Å². The lowest BCUT2D eigenvalue weighted by Crippen LogP contribution is -2.13. The Kier molecular flexibility index (Phi) is 1.36. The van der Waals surface area contributed by atoms with Crippen molar-refractivity contribution in [3.05, 3.63) is 4.91 Å². The van der Waals surface area contributed by atoms with E-state index in [1.807, 2.05) is 0 Å². The van der Waals surface area contributed by atoms with Crippen molar-refractivity contribution >= 4 is 0 Å². The summed E-state index contributed by atoms with van der Waals surface area (Å²) in [7, 11) is 0. The quantitative estimate of drug-likeness (QED) is 0.516. The predicted molar refractivity (Wildman–Crippen MR) is 38.2 cm³/mol. The molecule has 1 aliphatic carbocycles. The first-order valence-corrected chi connectivity index (χ1v) is 3.98. The Morgan fingerprint density at radius 3 is 2.30 bits per heavy atom. The van der Waals surface area contributed by atoms with Crippen molar-refractivity contribution in [3.8, 4) is 0 Å². The van der Waals surface area contributed by atoms with Crippen LogP contribution in [0.4, 0.5) is 0 Å². The lowest BCUT2D eigenvalue weighted by Gasteiger charge is -2.05. The normalized spacial score (nSPS) is 38.2. The van der Waals surface area contributed by atoms with Crippen molar-refractivity contribution in [2.75, 3.05) is 13.1 Å². The van der Waals surface area contributed by atoms with Gasteiger partial charge in [0.1, 0.15) is 0 Å². The molecule has 0 spiro atoms. The van der Waals surface area contributed by atoms with Crippen LogP contribution in [0.2, 0.25) is 0 Å². The van der Waals surface area contributed by atoms with Gasteiger partial charge in [0.2, 0.25) is 0 Å². The number of fused-ring (bicyclic) bond motifs is 1. The van der Waals surface area contributed by atoms with E-state index in [4.69, 9.17) is 0 Å². The lowest BCUT2D eigenvalue weighted by atomic mass is 10.0. The Morgan fingerprint density at radius 1 is 1.20 bits per heavy atom. The van der Waals surface area contributed by atoms with Gasteiger partial charge in [-0.3, -0.25) is 5.01 Å². The van der Waals surface area contributed by atoms with Crippen LogP contribution in [0.15, 0.2) is 5.29 Å². The molecule has 2 aliphatic rings. The Balaban J connectivity index is 1.99. The average molecular weight is 140 g/mol. The Labute approximate surface area is 60.3 Å². The van der Waals surface area contributed by atoms with Gasteiger partial charge in [-0.1, -0.05) is 6.42 Å². The van der Waals surface area contributed by atoms with Crippen LogP contribution in [0.3, 0.4) is 0 Å². The molecule has 1 heterocycles. The first-order valence-electron chi connectivity index (χ1n) is 3.98. The smallest absolute Gasteiger partial charge is 0.0524 e. The molecule has 10 heavy (non-hydrogen) atoms. The molecular weight excluding hydrogens is 128 g/mol. The topological polar surface area (TPSA) is 32.7 Å². The van der Waals surface area contributed by atoms with E-state index in [1.165, 1.54) is 19.3 Å². The van der Waals surface area contributed by atoms with Crippen molar-refractivity contribution in [2.45, 2.75) is 19.3 Å². The van der Waals surface area contributed by atoms with E-state index < -0.39 is 0 Å². The molecule has 2 atom stereocenters. The minimum absolute atomic E-state index is 0.790. The molecule has 0 N–H and O–H groups in total. The molecule has 0 aromatic heterocycles. The maximum absolute atomic E-state index is 10.1. The van der Waals surface area contributed by atoms with Crippen molar-refractivity contribution in [3.63, 3.8) is 0 Å². The van der Waals surface area contributed by atoms with E-state index in [9.17, 15) is 4.91 Å². The summed E-state index contributed by atoms with van der Waals surface area (Å²) >= 11 is 0. The molecule has 0 aromatic rings. The van der Waals surface area contributed by atoms with Gasteiger partial charge < -0.3 is 0 Å². The summed E-state index contributed by atoms with van der Waals surface area (Å²) in [5, 5.41) is 4.63. The third-order valence-electron chi connectivity index (χ3n) is 2.82. The Morgan fingerprint density at radius 2 is 1.80 bits per heavy atom. The zero-order valence-corrected chi connectivity index (χ0v) is 5.99. The average Bonchev–Trinajstić information content (AvgIpc) is 2.42. The fourth-order valence-corrected chi connectivity index (χ4v) is 2.28. The summed E-state index contributed by atoms with van der Waals surface area (Å²) in [4.78, 5) is 10.1. The van der Waals surface area contributed by atoms with Gasteiger partial charge in [0.15, 0.2) is 0 Å². The number of hydrogen-bond donors (Lipinski definition) is 0. The van der Waals surface area contributed by atoms with Gasteiger partial charge in [-0.15, -0.1) is 4.91 Å². The van der Waals surface area contributed by atoms with Gasteiger partial charge in [-0.05, 0) is 24.7 Å². The highest BCUT2D eigenvalue weighted by molar-refractivity contribution is 4.86. The second kappa shape index (κ2) is 2.22. The van der Waals surface area contributed by atoms with Crippen molar-refractivity contribution in [2.24, 2.45) is 17.1 Å². The third kappa shape index (κ3) is 0.805. The highest BCUT2D eigenvalue weighted by Crippen LogP contribution is 2.37. The predicted octanol–water partition coefficient (Wildman–Crippen LogP) is 1.40. The fraction of sp³-hybridized carbons (Fsp3) is 1.00. The summed E-state index contributed by atoms with van der Waals surface area (Å²) in [5.74, 6) is 1.58. The monoisotopic (exact) mass is 140 g/mol. The second-order valence-corrected chi connectivity index (χ2v) is 3.40. The first-order chi connectivity index (χ1) is 4.90. The zero-order chi connectivity index (χ0) is 6.97. The van der Waals surface area contributed by atoms with Crippen LogP contribution < -0.4 is 0 Å². The van der Waals surface area contributed by atoms with Gasteiger partial charge >= 0.3 is 0 Å². The van der Waals surface area contributed by atoms with Gasteiger partial charge in [0.25, 0.3) is 0 Å². The molecule has 0 radical (unpaired) electrons. The summed E-state index contributed by atoms with van der Waals surface area (Å²) in [6, 6.07) is 0. The van der Waals surface area contributed by atoms with E-state index in [1.54, 1.807) is 5.01 Å². The van der Waals surface area contributed by atoms with Gasteiger partial charge in [0.05, 0.1) is 5.29 Å². The summed E-state index contributed by atoms with van der Waals surface area (Å²) < 4.78 is 0. The number of nitroso groups, excluding NO2 is 1. The molecule has 2 rings (SSSR count). The highest BCUT2D eigenvalue weighted by atomic mass is 16.3. The SMILES string of the molecule is O=NN1C[C@H]2CCC[C@@H]2C1. The van der Waals surface area contributed by atoms with Gasteiger partial charge in [0, 0.05) is 13.1 Å². The van der Waals surface area contributed by atoms with Crippen LogP contribution in [-0.2, 0) is 0 Å². The summed E-state index contributed by atoms with van der Waals surface area (Å²) in [6.07, 6.45) is 4.00. The Hall–Kier alpha value is -0.600. The van der Waals surface area contributed by atoms with Crippen LogP contribution in [-0.4, -0.2) is 18.1 Å². The molecule has 3 heteroatoms.